The molecule has 0 aromatic heterocycles. The minimum Gasteiger partial charge on any atom is -0.455 e. The summed E-state index contributed by atoms with van der Waals surface area (Å²) in [5, 5.41) is 0. The monoisotopic (exact) mass is 253 g/mol. The van der Waals surface area contributed by atoms with E-state index in [1.807, 2.05) is 0 Å². The normalized spacial score (nSPS) is 10.3. The highest BCUT2D eigenvalue weighted by Crippen LogP contribution is 2.11. The molecule has 0 spiro atoms. The SMILES string of the molecule is C=C(C)C(=O)O[CH]CCCCCCCCCCC. The van der Waals surface area contributed by atoms with Gasteiger partial charge in [0.15, 0.2) is 0 Å². The summed E-state index contributed by atoms with van der Waals surface area (Å²) in [6.07, 6.45) is 12.7. The molecular weight excluding hydrogens is 224 g/mol. The fourth-order valence-electron chi connectivity index (χ4n) is 1.77. The third-order valence-corrected chi connectivity index (χ3v) is 2.96. The molecular formula is C16H29O2. The standard InChI is InChI=1S/C16H29O2/c1-4-5-6-7-8-9-10-11-12-13-14-18-16(17)15(2)3/h14H,2,4-13H2,1,3H3. The Balaban J connectivity index is 3.07. The molecule has 0 saturated carbocycles. The molecule has 0 unspecified atom stereocenters. The number of hydrogen-bond donors (Lipinski definition) is 0. The molecule has 0 atom stereocenters. The molecule has 0 saturated heterocycles. The van der Waals surface area contributed by atoms with Crippen molar-refractivity contribution >= 4 is 5.97 Å². The third-order valence-electron chi connectivity index (χ3n) is 2.96. The largest absolute Gasteiger partial charge is 0.455 e. The lowest BCUT2D eigenvalue weighted by Gasteiger charge is -2.03. The van der Waals surface area contributed by atoms with Gasteiger partial charge in [-0.3, -0.25) is 0 Å². The molecule has 2 nitrogen and oxygen atoms in total. The smallest absolute Gasteiger partial charge is 0.333 e. The molecule has 0 N–H and O–H groups in total. The van der Waals surface area contributed by atoms with Crippen LogP contribution >= 0.6 is 0 Å². The van der Waals surface area contributed by atoms with Gasteiger partial charge >= 0.3 is 5.97 Å². The van der Waals surface area contributed by atoms with Crippen LogP contribution in [0, 0.1) is 6.61 Å². The quantitative estimate of drug-likeness (QED) is 0.272. The summed E-state index contributed by atoms with van der Waals surface area (Å²) in [6.45, 7) is 9.05. The highest BCUT2D eigenvalue weighted by molar-refractivity contribution is 5.87. The Morgan fingerprint density at radius 3 is 2.00 bits per heavy atom. The maximum absolute atomic E-state index is 11.1. The molecule has 0 heterocycles. The maximum atomic E-state index is 11.1. The van der Waals surface area contributed by atoms with Crippen LogP contribution in [0.1, 0.15) is 78.1 Å². The van der Waals surface area contributed by atoms with Crippen LogP contribution in [0.2, 0.25) is 0 Å². The number of ether oxygens (including phenoxy) is 1. The summed E-state index contributed by atoms with van der Waals surface area (Å²) in [5.74, 6) is -0.314. The molecule has 1 radical (unpaired) electrons. The molecule has 0 fully saturated rings. The lowest BCUT2D eigenvalue weighted by Crippen LogP contribution is -2.02. The summed E-state index contributed by atoms with van der Waals surface area (Å²) in [5.41, 5.74) is 0.457. The highest BCUT2D eigenvalue weighted by atomic mass is 16.5. The summed E-state index contributed by atoms with van der Waals surface area (Å²) in [6, 6.07) is 0. The minimum atomic E-state index is -0.314. The first-order valence-corrected chi connectivity index (χ1v) is 7.36. The fraction of sp³-hybridized carbons (Fsp3) is 0.750. The van der Waals surface area contributed by atoms with Gasteiger partial charge in [0, 0.05) is 5.57 Å². The Hall–Kier alpha value is -0.790. The van der Waals surface area contributed by atoms with Crippen molar-refractivity contribution < 1.29 is 9.53 Å². The summed E-state index contributed by atoms with van der Waals surface area (Å²) in [4.78, 5) is 11.1. The van der Waals surface area contributed by atoms with E-state index < -0.39 is 0 Å². The molecule has 0 amide bonds. The fourth-order valence-corrected chi connectivity index (χ4v) is 1.77. The number of unbranched alkanes of at least 4 members (excludes halogenated alkanes) is 9. The van der Waals surface area contributed by atoms with Crippen molar-refractivity contribution in [2.75, 3.05) is 0 Å². The van der Waals surface area contributed by atoms with Gasteiger partial charge in [-0.25, -0.2) is 4.79 Å². The van der Waals surface area contributed by atoms with Crippen LogP contribution in [0.15, 0.2) is 12.2 Å². The minimum absolute atomic E-state index is 0.314. The van der Waals surface area contributed by atoms with Crippen molar-refractivity contribution in [3.05, 3.63) is 18.8 Å². The first kappa shape index (κ1) is 17.2. The van der Waals surface area contributed by atoms with Crippen LogP contribution in [0.4, 0.5) is 0 Å². The first-order chi connectivity index (χ1) is 8.68. The Morgan fingerprint density at radius 2 is 1.50 bits per heavy atom. The molecule has 18 heavy (non-hydrogen) atoms. The number of rotatable bonds is 12. The van der Waals surface area contributed by atoms with Gasteiger partial charge in [-0.2, -0.15) is 0 Å². The van der Waals surface area contributed by atoms with Gasteiger partial charge in [-0.1, -0.05) is 64.9 Å². The second kappa shape index (κ2) is 12.7. The highest BCUT2D eigenvalue weighted by Gasteiger charge is 2.02. The molecule has 0 aromatic rings. The molecule has 0 rings (SSSR count). The summed E-state index contributed by atoms with van der Waals surface area (Å²) >= 11 is 0. The predicted molar refractivity (Wildman–Crippen MR) is 77.1 cm³/mol. The average Bonchev–Trinajstić information content (AvgIpc) is 2.35. The van der Waals surface area contributed by atoms with E-state index in [-0.39, 0.29) is 5.97 Å². The van der Waals surface area contributed by atoms with E-state index in [1.165, 1.54) is 51.4 Å². The van der Waals surface area contributed by atoms with Gasteiger partial charge in [-0.15, -0.1) is 0 Å². The lowest BCUT2D eigenvalue weighted by molar-refractivity contribution is -0.135. The van der Waals surface area contributed by atoms with Crippen LogP contribution < -0.4 is 0 Å². The lowest BCUT2D eigenvalue weighted by atomic mass is 10.1. The maximum Gasteiger partial charge on any atom is 0.333 e. The molecule has 105 valence electrons. The molecule has 0 aromatic carbocycles. The van der Waals surface area contributed by atoms with Gasteiger partial charge in [0.1, 0.15) is 6.61 Å². The molecule has 0 bridgehead atoms. The van der Waals surface area contributed by atoms with Crippen LogP contribution in [0.3, 0.4) is 0 Å². The van der Waals surface area contributed by atoms with Gasteiger partial charge in [0.05, 0.1) is 0 Å². The summed E-state index contributed by atoms with van der Waals surface area (Å²) < 4.78 is 4.91. The van der Waals surface area contributed by atoms with Crippen molar-refractivity contribution in [1.29, 1.82) is 0 Å². The van der Waals surface area contributed by atoms with Crippen LogP contribution in [-0.2, 0) is 9.53 Å². The molecule has 2 heteroatoms. The van der Waals surface area contributed by atoms with E-state index in [0.717, 1.165) is 12.8 Å². The Kier molecular flexibility index (Phi) is 12.1. The third kappa shape index (κ3) is 11.7. The van der Waals surface area contributed by atoms with E-state index in [1.54, 1.807) is 13.5 Å². The van der Waals surface area contributed by atoms with Gasteiger partial charge in [0.2, 0.25) is 0 Å². The van der Waals surface area contributed by atoms with Gasteiger partial charge in [0.25, 0.3) is 0 Å². The number of hydrogen-bond acceptors (Lipinski definition) is 2. The zero-order valence-corrected chi connectivity index (χ0v) is 12.2. The second-order valence-electron chi connectivity index (χ2n) is 4.97. The second-order valence-corrected chi connectivity index (χ2v) is 4.97. The van der Waals surface area contributed by atoms with Crippen LogP contribution in [-0.4, -0.2) is 5.97 Å². The first-order valence-electron chi connectivity index (χ1n) is 7.36. The van der Waals surface area contributed by atoms with Crippen molar-refractivity contribution in [1.82, 2.24) is 0 Å². The Bertz CT molecular complexity index is 221. The zero-order chi connectivity index (χ0) is 13.6. The van der Waals surface area contributed by atoms with Gasteiger partial charge in [-0.05, 0) is 19.8 Å². The predicted octanol–water partition coefficient (Wildman–Crippen LogP) is 5.19. The average molecular weight is 253 g/mol. The van der Waals surface area contributed by atoms with Crippen molar-refractivity contribution in [3.63, 3.8) is 0 Å². The Morgan fingerprint density at radius 1 is 1.00 bits per heavy atom. The number of esters is 1. The molecule has 0 aliphatic rings. The van der Waals surface area contributed by atoms with Crippen LogP contribution in [0.5, 0.6) is 0 Å². The van der Waals surface area contributed by atoms with Crippen molar-refractivity contribution in [2.45, 2.75) is 78.1 Å². The van der Waals surface area contributed by atoms with Crippen LogP contribution in [0.25, 0.3) is 0 Å². The van der Waals surface area contributed by atoms with E-state index in [9.17, 15) is 4.79 Å². The van der Waals surface area contributed by atoms with E-state index in [2.05, 4.69) is 13.5 Å². The van der Waals surface area contributed by atoms with E-state index in [0.29, 0.717) is 5.57 Å². The topological polar surface area (TPSA) is 26.3 Å². The number of carbonyl (C=O) groups excluding carboxylic acids is 1. The Labute approximate surface area is 113 Å². The van der Waals surface area contributed by atoms with E-state index in [4.69, 9.17) is 4.74 Å². The van der Waals surface area contributed by atoms with Gasteiger partial charge < -0.3 is 4.74 Å². The van der Waals surface area contributed by atoms with Crippen molar-refractivity contribution in [2.24, 2.45) is 0 Å². The zero-order valence-electron chi connectivity index (χ0n) is 12.2. The van der Waals surface area contributed by atoms with Crippen molar-refractivity contribution in [3.8, 4) is 0 Å². The van der Waals surface area contributed by atoms with E-state index >= 15 is 0 Å². The molecule has 0 aliphatic heterocycles. The molecule has 0 aliphatic carbocycles. The summed E-state index contributed by atoms with van der Waals surface area (Å²) in [7, 11) is 0. The number of carbonyl (C=O) groups is 1.